The normalized spacial score (nSPS) is 17.6. The Morgan fingerprint density at radius 1 is 0.868 bits per heavy atom. The number of carboxylic acid groups (broad SMARTS) is 1. The van der Waals surface area contributed by atoms with Gasteiger partial charge in [0.15, 0.2) is 0 Å². The number of hydrogen-bond acceptors (Lipinski definition) is 6. The van der Waals surface area contributed by atoms with Crippen LogP contribution in [0.4, 0.5) is 10.6 Å². The Kier molecular flexibility index (Phi) is 6.59. The molecular weight excluding hydrogens is 480 g/mol. The van der Waals surface area contributed by atoms with Crippen LogP contribution in [0.2, 0.25) is 0 Å². The van der Waals surface area contributed by atoms with E-state index in [1.54, 1.807) is 6.33 Å². The number of fused-ring (bicyclic) bond motifs is 1. The molecule has 0 saturated carbocycles. The van der Waals surface area contributed by atoms with Crippen molar-refractivity contribution in [2.75, 3.05) is 31.9 Å². The zero-order valence-electron chi connectivity index (χ0n) is 21.2. The molecule has 38 heavy (non-hydrogen) atoms. The molecular formula is C29H32N6O3. The summed E-state index contributed by atoms with van der Waals surface area (Å²) in [5.41, 5.74) is 9.31. The molecule has 0 atom stereocenters. The lowest BCUT2D eigenvalue weighted by Crippen LogP contribution is -2.48. The summed E-state index contributed by atoms with van der Waals surface area (Å²) in [6.07, 6.45) is 6.74. The maximum atomic E-state index is 11.2. The highest BCUT2D eigenvalue weighted by molar-refractivity contribution is 6.00. The van der Waals surface area contributed by atoms with Gasteiger partial charge in [0.2, 0.25) is 0 Å². The van der Waals surface area contributed by atoms with Gasteiger partial charge in [-0.25, -0.2) is 14.8 Å². The molecule has 2 aromatic carbocycles. The zero-order valence-corrected chi connectivity index (χ0v) is 21.2. The van der Waals surface area contributed by atoms with Crippen LogP contribution in [-0.4, -0.2) is 67.8 Å². The Hall–Kier alpha value is -4.11. The molecule has 4 heterocycles. The van der Waals surface area contributed by atoms with Crippen molar-refractivity contribution < 1.29 is 14.6 Å². The van der Waals surface area contributed by atoms with E-state index >= 15 is 0 Å². The summed E-state index contributed by atoms with van der Waals surface area (Å²) >= 11 is 0. The van der Waals surface area contributed by atoms with E-state index in [0.29, 0.717) is 31.0 Å². The van der Waals surface area contributed by atoms with Crippen molar-refractivity contribution in [2.24, 2.45) is 0 Å². The fraction of sp³-hybridized carbons (Fsp3) is 0.345. The summed E-state index contributed by atoms with van der Waals surface area (Å²) in [5.74, 6) is 2.05. The van der Waals surface area contributed by atoms with Gasteiger partial charge in [0.1, 0.15) is 29.3 Å². The number of anilines is 1. The minimum atomic E-state index is -0.808. The minimum absolute atomic E-state index is 0.316. The lowest BCUT2D eigenvalue weighted by Gasteiger charge is -2.41. The molecule has 2 saturated heterocycles. The zero-order chi connectivity index (χ0) is 26.1. The quantitative estimate of drug-likeness (QED) is 0.376. The van der Waals surface area contributed by atoms with Gasteiger partial charge in [-0.3, -0.25) is 0 Å². The van der Waals surface area contributed by atoms with Crippen LogP contribution in [0.3, 0.4) is 0 Å². The lowest BCUT2D eigenvalue weighted by atomic mass is 9.98. The van der Waals surface area contributed by atoms with Crippen LogP contribution in [0.25, 0.3) is 22.2 Å². The third-order valence-corrected chi connectivity index (χ3v) is 7.93. The lowest BCUT2D eigenvalue weighted by molar-refractivity contribution is 0.0756. The van der Waals surface area contributed by atoms with E-state index in [1.807, 2.05) is 42.5 Å². The highest BCUT2D eigenvalue weighted by Gasteiger charge is 2.31. The Morgan fingerprint density at radius 2 is 1.53 bits per heavy atom. The third-order valence-electron chi connectivity index (χ3n) is 7.93. The van der Waals surface area contributed by atoms with Crippen molar-refractivity contribution >= 4 is 22.9 Å². The van der Waals surface area contributed by atoms with Crippen LogP contribution < -0.4 is 10.5 Å². The summed E-state index contributed by atoms with van der Waals surface area (Å²) in [5, 5.41) is 10.1. The van der Waals surface area contributed by atoms with Crippen LogP contribution in [-0.2, 0) is 0 Å². The van der Waals surface area contributed by atoms with Crippen molar-refractivity contribution in [3.05, 3.63) is 67.1 Å². The van der Waals surface area contributed by atoms with Crippen molar-refractivity contribution in [1.29, 1.82) is 0 Å². The SMILES string of the molecule is Nc1ncnc2c1c(-c1ccc(Oc3ccccc3)cc1)cn2C1CCN(C2CCN(C(=O)O)CC2)CC1. The molecule has 0 unspecified atom stereocenters. The van der Waals surface area contributed by atoms with E-state index in [0.717, 1.165) is 72.4 Å². The van der Waals surface area contributed by atoms with Crippen LogP contribution in [0.1, 0.15) is 31.7 Å². The number of likely N-dealkylation sites (tertiary alicyclic amines) is 2. The second-order valence-electron chi connectivity index (χ2n) is 10.1. The molecule has 3 N–H and O–H groups in total. The maximum Gasteiger partial charge on any atom is 0.407 e. The number of ether oxygens (including phenoxy) is 1. The van der Waals surface area contributed by atoms with E-state index in [9.17, 15) is 9.90 Å². The number of carbonyl (C=O) groups is 1. The fourth-order valence-corrected chi connectivity index (χ4v) is 5.88. The number of aromatic nitrogens is 3. The first-order valence-electron chi connectivity index (χ1n) is 13.2. The van der Waals surface area contributed by atoms with Gasteiger partial charge in [0.25, 0.3) is 0 Å². The highest BCUT2D eigenvalue weighted by Crippen LogP contribution is 2.38. The molecule has 0 spiro atoms. The van der Waals surface area contributed by atoms with Crippen LogP contribution in [0.5, 0.6) is 11.5 Å². The molecule has 2 fully saturated rings. The molecule has 0 aliphatic carbocycles. The summed E-state index contributed by atoms with van der Waals surface area (Å²) < 4.78 is 8.25. The first-order valence-corrected chi connectivity index (χ1v) is 13.2. The molecule has 0 bridgehead atoms. The number of nitrogens with zero attached hydrogens (tertiary/aromatic N) is 5. The molecule has 9 nitrogen and oxygen atoms in total. The van der Waals surface area contributed by atoms with Crippen molar-refractivity contribution in [3.8, 4) is 22.6 Å². The van der Waals surface area contributed by atoms with Gasteiger partial charge < -0.3 is 29.9 Å². The minimum Gasteiger partial charge on any atom is -0.465 e. The number of amides is 1. The van der Waals surface area contributed by atoms with Gasteiger partial charge in [-0.05, 0) is 55.5 Å². The van der Waals surface area contributed by atoms with Crippen LogP contribution in [0, 0.1) is 0 Å². The van der Waals surface area contributed by atoms with Crippen molar-refractivity contribution in [3.63, 3.8) is 0 Å². The number of piperidine rings is 2. The molecule has 0 radical (unpaired) electrons. The van der Waals surface area contributed by atoms with Crippen LogP contribution in [0.15, 0.2) is 67.1 Å². The van der Waals surface area contributed by atoms with Gasteiger partial charge in [-0.1, -0.05) is 30.3 Å². The van der Waals surface area contributed by atoms with Gasteiger partial charge in [0, 0.05) is 50.0 Å². The summed E-state index contributed by atoms with van der Waals surface area (Å²) in [7, 11) is 0. The average Bonchev–Trinajstić information content (AvgIpc) is 3.35. The van der Waals surface area contributed by atoms with Gasteiger partial charge in [0.05, 0.1) is 5.39 Å². The van der Waals surface area contributed by atoms with E-state index in [2.05, 4.69) is 37.8 Å². The first-order chi connectivity index (χ1) is 18.6. The van der Waals surface area contributed by atoms with E-state index < -0.39 is 6.09 Å². The largest absolute Gasteiger partial charge is 0.465 e. The Bertz CT molecular complexity index is 1410. The number of nitrogens with two attached hydrogens (primary N) is 1. The van der Waals surface area contributed by atoms with Crippen molar-refractivity contribution in [1.82, 2.24) is 24.3 Å². The molecule has 1 amide bonds. The van der Waals surface area contributed by atoms with Gasteiger partial charge in [-0.15, -0.1) is 0 Å². The number of hydrogen-bond donors (Lipinski definition) is 2. The predicted molar refractivity (Wildman–Crippen MR) is 146 cm³/mol. The summed E-state index contributed by atoms with van der Waals surface area (Å²) in [4.78, 5) is 24.3. The average molecular weight is 513 g/mol. The first kappa shape index (κ1) is 24.2. The van der Waals surface area contributed by atoms with E-state index in [-0.39, 0.29) is 0 Å². The van der Waals surface area contributed by atoms with Crippen molar-refractivity contribution in [2.45, 2.75) is 37.8 Å². The molecule has 9 heteroatoms. The Balaban J connectivity index is 1.20. The predicted octanol–water partition coefficient (Wildman–Crippen LogP) is 5.25. The second-order valence-corrected chi connectivity index (χ2v) is 10.1. The van der Waals surface area contributed by atoms with E-state index in [4.69, 9.17) is 10.5 Å². The molecule has 2 aromatic heterocycles. The third kappa shape index (κ3) is 4.77. The van der Waals surface area contributed by atoms with Gasteiger partial charge in [-0.2, -0.15) is 0 Å². The number of nitrogen functional groups attached to an aromatic ring is 1. The van der Waals surface area contributed by atoms with Gasteiger partial charge >= 0.3 is 6.09 Å². The summed E-state index contributed by atoms with van der Waals surface area (Å²) in [6, 6.07) is 18.6. The Labute approximate surface area is 221 Å². The number of benzene rings is 2. The highest BCUT2D eigenvalue weighted by atomic mass is 16.5. The number of para-hydroxylation sites is 1. The molecule has 196 valence electrons. The molecule has 2 aliphatic heterocycles. The Morgan fingerprint density at radius 3 is 2.21 bits per heavy atom. The standard InChI is InChI=1S/C29H32N6O3/c30-27-26-25(20-6-8-24(9-7-20)38-23-4-2-1-3-5-23)18-35(28(26)32-19-31-27)22-12-14-33(15-13-22)21-10-16-34(17-11-21)29(36)37/h1-9,18-19,21-22H,10-17H2,(H,36,37)(H2,30,31,32). The molecule has 4 aromatic rings. The number of rotatable bonds is 5. The fourth-order valence-electron chi connectivity index (χ4n) is 5.88. The van der Waals surface area contributed by atoms with Crippen LogP contribution >= 0.6 is 0 Å². The summed E-state index contributed by atoms with van der Waals surface area (Å²) in [6.45, 7) is 3.22. The van der Waals surface area contributed by atoms with E-state index in [1.165, 1.54) is 4.90 Å². The second kappa shape index (κ2) is 10.3. The topological polar surface area (TPSA) is 110 Å². The smallest absolute Gasteiger partial charge is 0.407 e. The molecule has 2 aliphatic rings. The molecule has 6 rings (SSSR count). The monoisotopic (exact) mass is 512 g/mol. The maximum absolute atomic E-state index is 11.2.